The molecule has 174 valence electrons. The highest BCUT2D eigenvalue weighted by Gasteiger charge is 2.11. The summed E-state index contributed by atoms with van der Waals surface area (Å²) in [5.74, 6) is -0.0295. The number of nitrogens with zero attached hydrogens (tertiary/aromatic N) is 2. The number of amides is 2. The molecule has 2 N–H and O–H groups in total. The molecule has 0 atom stereocenters. The summed E-state index contributed by atoms with van der Waals surface area (Å²) in [6.45, 7) is 4.50. The van der Waals surface area contributed by atoms with Crippen LogP contribution in [0.4, 0.5) is 5.69 Å². The van der Waals surface area contributed by atoms with Crippen LogP contribution in [0.15, 0.2) is 76.3 Å². The molecule has 4 rings (SSSR count). The van der Waals surface area contributed by atoms with Crippen molar-refractivity contribution < 1.29 is 14.3 Å². The Kier molecular flexibility index (Phi) is 7.27. The predicted octanol–water partition coefficient (Wildman–Crippen LogP) is 5.48. The highest BCUT2D eigenvalue weighted by atomic mass is 79.9. The minimum absolute atomic E-state index is 0.0581. The second kappa shape index (κ2) is 10.5. The molecular formula is C26H25BrN4O3. The van der Waals surface area contributed by atoms with E-state index >= 15 is 0 Å². The van der Waals surface area contributed by atoms with Crippen LogP contribution in [0.5, 0.6) is 5.75 Å². The second-order valence-electron chi connectivity index (χ2n) is 7.84. The highest BCUT2D eigenvalue weighted by Crippen LogP contribution is 2.31. The fraction of sp³-hybridized carbons (Fsp3) is 0.192. The first kappa shape index (κ1) is 23.5. The third-order valence-electron chi connectivity index (χ3n) is 5.34. The van der Waals surface area contributed by atoms with Crippen molar-refractivity contribution in [1.82, 2.24) is 9.99 Å². The normalized spacial score (nSPS) is 11.6. The summed E-state index contributed by atoms with van der Waals surface area (Å²) in [5.41, 5.74) is 5.93. The van der Waals surface area contributed by atoms with Crippen LogP contribution >= 0.6 is 15.9 Å². The highest BCUT2D eigenvalue weighted by molar-refractivity contribution is 9.10. The largest absolute Gasteiger partial charge is 0.484 e. The zero-order valence-electron chi connectivity index (χ0n) is 19.0. The van der Waals surface area contributed by atoms with Gasteiger partial charge in [0.05, 0.1) is 6.42 Å². The van der Waals surface area contributed by atoms with Crippen molar-refractivity contribution in [2.45, 2.75) is 26.8 Å². The number of hydrogen-bond donors (Lipinski definition) is 2. The molecule has 0 saturated heterocycles. The average Bonchev–Trinajstić information content (AvgIpc) is 3.15. The first-order valence-corrected chi connectivity index (χ1v) is 11.7. The summed E-state index contributed by atoms with van der Waals surface area (Å²) in [6.07, 6.45) is 0.0581. The number of carbonyl (C=O) groups is 2. The lowest BCUT2D eigenvalue weighted by Crippen LogP contribution is -2.26. The topological polar surface area (TPSA) is 84.7 Å². The Morgan fingerprint density at radius 3 is 2.47 bits per heavy atom. The Balaban J connectivity index is 1.34. The number of halogens is 1. The lowest BCUT2D eigenvalue weighted by atomic mass is 10.1. The minimum Gasteiger partial charge on any atom is -0.484 e. The summed E-state index contributed by atoms with van der Waals surface area (Å²) in [7, 11) is 0. The van der Waals surface area contributed by atoms with Crippen molar-refractivity contribution in [1.29, 1.82) is 0 Å². The molecule has 0 spiro atoms. The number of anilines is 1. The van der Waals surface area contributed by atoms with Gasteiger partial charge in [-0.15, -0.1) is 0 Å². The second-order valence-corrected chi connectivity index (χ2v) is 8.76. The number of hydrazone groups is 1. The SMILES string of the molecule is CCn1c2ccccc2c2cc(NC(=O)C/C(C)=N\NC(=O)COc3ccc(Br)cc3)ccc21. The van der Waals surface area contributed by atoms with E-state index in [1.807, 2.05) is 42.5 Å². The molecule has 0 fully saturated rings. The van der Waals surface area contributed by atoms with Crippen molar-refractivity contribution in [2.24, 2.45) is 5.10 Å². The molecular weight excluding hydrogens is 496 g/mol. The van der Waals surface area contributed by atoms with Crippen LogP contribution in [0.3, 0.4) is 0 Å². The van der Waals surface area contributed by atoms with E-state index in [9.17, 15) is 9.59 Å². The number of fused-ring (bicyclic) bond motifs is 3. The van der Waals surface area contributed by atoms with Gasteiger partial charge in [0.2, 0.25) is 5.91 Å². The van der Waals surface area contributed by atoms with Gasteiger partial charge in [0.15, 0.2) is 6.61 Å². The van der Waals surface area contributed by atoms with Gasteiger partial charge in [-0.2, -0.15) is 5.10 Å². The summed E-state index contributed by atoms with van der Waals surface area (Å²) < 4.78 is 8.59. The molecule has 3 aromatic carbocycles. The maximum absolute atomic E-state index is 12.5. The van der Waals surface area contributed by atoms with Crippen LogP contribution in [-0.4, -0.2) is 28.7 Å². The summed E-state index contributed by atoms with van der Waals surface area (Å²) in [5, 5.41) is 9.18. The quantitative estimate of drug-likeness (QED) is 0.238. The zero-order valence-corrected chi connectivity index (χ0v) is 20.6. The Hall–Kier alpha value is -3.65. The number of nitrogens with one attached hydrogen (secondary N) is 2. The Labute approximate surface area is 205 Å². The van der Waals surface area contributed by atoms with Crippen LogP contribution in [0, 0.1) is 0 Å². The van der Waals surface area contributed by atoms with Crippen molar-refractivity contribution in [3.8, 4) is 5.75 Å². The van der Waals surface area contributed by atoms with Gasteiger partial charge in [-0.1, -0.05) is 34.1 Å². The van der Waals surface area contributed by atoms with Gasteiger partial charge in [0.1, 0.15) is 5.75 Å². The first-order chi connectivity index (χ1) is 16.4. The van der Waals surface area contributed by atoms with Gasteiger partial charge in [-0.05, 0) is 62.4 Å². The smallest absolute Gasteiger partial charge is 0.277 e. The lowest BCUT2D eigenvalue weighted by molar-refractivity contribution is -0.123. The monoisotopic (exact) mass is 520 g/mol. The number of aryl methyl sites for hydroxylation is 1. The number of hydrogen-bond acceptors (Lipinski definition) is 4. The summed E-state index contributed by atoms with van der Waals surface area (Å²) in [6, 6.07) is 21.3. The molecule has 1 aromatic heterocycles. The van der Waals surface area contributed by atoms with Gasteiger partial charge in [-0.3, -0.25) is 9.59 Å². The maximum atomic E-state index is 12.5. The molecule has 1 heterocycles. The Morgan fingerprint density at radius 2 is 1.71 bits per heavy atom. The third-order valence-corrected chi connectivity index (χ3v) is 5.87. The van der Waals surface area contributed by atoms with E-state index in [4.69, 9.17) is 4.74 Å². The molecule has 0 bridgehead atoms. The standard InChI is InChI=1S/C26H25BrN4O3/c1-3-31-23-7-5-4-6-21(23)22-15-19(10-13-24(22)31)28-25(32)14-17(2)29-30-26(33)16-34-20-11-8-18(27)9-12-20/h4-13,15H,3,14,16H2,1-2H3,(H,28,32)(H,30,33)/b29-17-. The maximum Gasteiger partial charge on any atom is 0.277 e. The molecule has 0 saturated carbocycles. The van der Waals surface area contributed by atoms with Crippen LogP contribution in [-0.2, 0) is 16.1 Å². The van der Waals surface area contributed by atoms with E-state index < -0.39 is 5.91 Å². The van der Waals surface area contributed by atoms with Gasteiger partial charge >= 0.3 is 0 Å². The molecule has 0 unspecified atom stereocenters. The number of rotatable bonds is 8. The minimum atomic E-state index is -0.402. The van der Waals surface area contributed by atoms with E-state index in [-0.39, 0.29) is 18.9 Å². The van der Waals surface area contributed by atoms with Gasteiger partial charge < -0.3 is 14.6 Å². The number of ether oxygens (including phenoxy) is 1. The number of benzene rings is 3. The fourth-order valence-electron chi connectivity index (χ4n) is 3.82. The van der Waals surface area contributed by atoms with Gasteiger partial charge in [0.25, 0.3) is 5.91 Å². The van der Waals surface area contributed by atoms with E-state index in [0.717, 1.165) is 33.0 Å². The van der Waals surface area contributed by atoms with E-state index in [1.165, 1.54) is 5.52 Å². The molecule has 0 aliphatic heterocycles. The lowest BCUT2D eigenvalue weighted by Gasteiger charge is -2.08. The van der Waals surface area contributed by atoms with E-state index in [0.29, 0.717) is 11.5 Å². The molecule has 7 nitrogen and oxygen atoms in total. The molecule has 0 aliphatic rings. The molecule has 0 aliphatic carbocycles. The van der Waals surface area contributed by atoms with E-state index in [2.05, 4.69) is 55.4 Å². The number of carbonyl (C=O) groups excluding carboxylic acids is 2. The molecule has 2 amide bonds. The van der Waals surface area contributed by atoms with Gasteiger partial charge in [-0.25, -0.2) is 5.43 Å². The Morgan fingerprint density at radius 1 is 0.971 bits per heavy atom. The first-order valence-electron chi connectivity index (χ1n) is 11.0. The predicted molar refractivity (Wildman–Crippen MR) is 139 cm³/mol. The number of para-hydroxylation sites is 1. The third kappa shape index (κ3) is 5.46. The van der Waals surface area contributed by atoms with Gasteiger partial charge in [0, 0.05) is 44.2 Å². The Bertz CT molecular complexity index is 1380. The van der Waals surface area contributed by atoms with Crippen LogP contribution in [0.1, 0.15) is 20.3 Å². The van der Waals surface area contributed by atoms with Crippen LogP contribution in [0.25, 0.3) is 21.8 Å². The summed E-state index contributed by atoms with van der Waals surface area (Å²) >= 11 is 3.34. The molecule has 34 heavy (non-hydrogen) atoms. The van der Waals surface area contributed by atoms with Crippen molar-refractivity contribution in [3.05, 3.63) is 71.2 Å². The van der Waals surface area contributed by atoms with E-state index in [1.54, 1.807) is 19.1 Å². The zero-order chi connectivity index (χ0) is 24.1. The molecule has 8 heteroatoms. The molecule has 0 radical (unpaired) electrons. The average molecular weight is 521 g/mol. The van der Waals surface area contributed by atoms with Crippen LogP contribution in [0.2, 0.25) is 0 Å². The van der Waals surface area contributed by atoms with Crippen LogP contribution < -0.4 is 15.5 Å². The fourth-order valence-corrected chi connectivity index (χ4v) is 4.08. The molecule has 4 aromatic rings. The number of aromatic nitrogens is 1. The summed E-state index contributed by atoms with van der Waals surface area (Å²) in [4.78, 5) is 24.5. The van der Waals surface area contributed by atoms with Crippen molar-refractivity contribution in [3.63, 3.8) is 0 Å². The van der Waals surface area contributed by atoms with Crippen molar-refractivity contribution in [2.75, 3.05) is 11.9 Å². The van der Waals surface area contributed by atoms with Crippen molar-refractivity contribution >= 4 is 60.9 Å².